The van der Waals surface area contributed by atoms with Crippen LogP contribution in [0, 0.1) is 6.92 Å². The molecule has 0 saturated heterocycles. The molecule has 4 rings (SSSR count). The maximum Gasteiger partial charge on any atom is 0.160 e. The maximum atomic E-state index is 10.3. The molecule has 0 bridgehead atoms. The molecule has 4 heteroatoms. The first kappa shape index (κ1) is 15.0. The van der Waals surface area contributed by atoms with E-state index in [9.17, 15) is 5.11 Å². The third-order valence-corrected chi connectivity index (χ3v) is 6.07. The Bertz CT molecular complexity index is 787. The minimum atomic E-state index is 0.229. The standard InChI is InChI=1S/C19H20BrNO2/c1-10-5-13-12(6-15(10)20)9-21-16-4-3-11-7-18(23-2)17(22)8-14(11)19(13)16/h5-8,16,19,21-22H,3-4,9H2,1-2H3/t16-,19-/m1/s1. The molecule has 1 aliphatic carbocycles. The smallest absolute Gasteiger partial charge is 0.160 e. The predicted molar refractivity (Wildman–Crippen MR) is 94.3 cm³/mol. The number of phenolic OH excluding ortho intramolecular Hbond substituents is 1. The molecule has 120 valence electrons. The van der Waals surface area contributed by atoms with E-state index < -0.39 is 0 Å². The number of halogens is 1. The van der Waals surface area contributed by atoms with Gasteiger partial charge < -0.3 is 15.2 Å². The van der Waals surface area contributed by atoms with Crippen molar-refractivity contribution in [3.05, 3.63) is 56.6 Å². The summed E-state index contributed by atoms with van der Waals surface area (Å²) in [6.45, 7) is 3.05. The van der Waals surface area contributed by atoms with Crippen molar-refractivity contribution >= 4 is 15.9 Å². The van der Waals surface area contributed by atoms with Crippen molar-refractivity contribution < 1.29 is 9.84 Å². The van der Waals surface area contributed by atoms with Gasteiger partial charge in [0.15, 0.2) is 11.5 Å². The summed E-state index contributed by atoms with van der Waals surface area (Å²) in [5, 5.41) is 13.9. The first-order valence-corrected chi connectivity index (χ1v) is 8.80. The Kier molecular flexibility index (Phi) is 3.62. The quantitative estimate of drug-likeness (QED) is 0.792. The molecular weight excluding hydrogens is 354 g/mol. The van der Waals surface area contributed by atoms with Crippen LogP contribution < -0.4 is 10.1 Å². The number of ether oxygens (including phenoxy) is 1. The van der Waals surface area contributed by atoms with Gasteiger partial charge in [-0.1, -0.05) is 22.0 Å². The van der Waals surface area contributed by atoms with E-state index in [0.717, 1.165) is 23.9 Å². The number of aromatic hydroxyl groups is 1. The summed E-state index contributed by atoms with van der Waals surface area (Å²) in [4.78, 5) is 0. The van der Waals surface area contributed by atoms with Crippen LogP contribution in [0.5, 0.6) is 11.5 Å². The summed E-state index contributed by atoms with van der Waals surface area (Å²) in [6, 6.07) is 8.86. The molecule has 0 aromatic heterocycles. The molecule has 2 atom stereocenters. The molecule has 23 heavy (non-hydrogen) atoms. The lowest BCUT2D eigenvalue weighted by molar-refractivity contribution is 0.364. The van der Waals surface area contributed by atoms with Gasteiger partial charge >= 0.3 is 0 Å². The molecule has 2 aliphatic rings. The van der Waals surface area contributed by atoms with Crippen LogP contribution in [0.1, 0.15) is 40.2 Å². The van der Waals surface area contributed by atoms with Crippen LogP contribution in [0.3, 0.4) is 0 Å². The molecule has 2 N–H and O–H groups in total. The van der Waals surface area contributed by atoms with Gasteiger partial charge in [0.25, 0.3) is 0 Å². The van der Waals surface area contributed by atoms with Crippen LogP contribution in [0.2, 0.25) is 0 Å². The molecule has 0 saturated carbocycles. The number of aryl methyl sites for hydroxylation is 2. The minimum Gasteiger partial charge on any atom is -0.504 e. The highest BCUT2D eigenvalue weighted by atomic mass is 79.9. The van der Waals surface area contributed by atoms with Crippen molar-refractivity contribution in [3.63, 3.8) is 0 Å². The van der Waals surface area contributed by atoms with Crippen LogP contribution in [-0.2, 0) is 13.0 Å². The zero-order chi connectivity index (χ0) is 16.1. The zero-order valence-corrected chi connectivity index (χ0v) is 14.9. The number of nitrogens with one attached hydrogen (secondary N) is 1. The number of hydrogen-bond acceptors (Lipinski definition) is 3. The number of benzene rings is 2. The maximum absolute atomic E-state index is 10.3. The first-order valence-electron chi connectivity index (χ1n) is 8.00. The van der Waals surface area contributed by atoms with Gasteiger partial charge in [-0.3, -0.25) is 0 Å². The molecule has 3 nitrogen and oxygen atoms in total. The molecule has 1 aliphatic heterocycles. The fourth-order valence-corrected chi connectivity index (χ4v) is 4.41. The topological polar surface area (TPSA) is 41.5 Å². The number of phenols is 1. The van der Waals surface area contributed by atoms with Crippen LogP contribution in [0.15, 0.2) is 28.7 Å². The lowest BCUT2D eigenvalue weighted by Crippen LogP contribution is -2.42. The molecule has 2 aromatic rings. The molecule has 0 amide bonds. The average molecular weight is 374 g/mol. The van der Waals surface area contributed by atoms with E-state index in [1.807, 2.05) is 12.1 Å². The molecule has 2 aromatic carbocycles. The summed E-state index contributed by atoms with van der Waals surface area (Å²) in [7, 11) is 1.60. The second-order valence-electron chi connectivity index (χ2n) is 6.53. The summed E-state index contributed by atoms with van der Waals surface area (Å²) >= 11 is 3.64. The largest absolute Gasteiger partial charge is 0.504 e. The number of rotatable bonds is 1. The van der Waals surface area contributed by atoms with Crippen molar-refractivity contribution in [2.24, 2.45) is 0 Å². The Hall–Kier alpha value is -1.52. The molecule has 0 spiro atoms. The third-order valence-electron chi connectivity index (χ3n) is 5.21. The molecule has 1 heterocycles. The molecular formula is C19H20BrNO2. The van der Waals surface area contributed by atoms with Gasteiger partial charge in [-0.2, -0.15) is 0 Å². The second-order valence-corrected chi connectivity index (χ2v) is 7.38. The Labute approximate surface area is 144 Å². The van der Waals surface area contributed by atoms with Gasteiger partial charge in [-0.15, -0.1) is 0 Å². The second kappa shape index (κ2) is 5.53. The van der Waals surface area contributed by atoms with Crippen LogP contribution in [0.4, 0.5) is 0 Å². The summed E-state index contributed by atoms with van der Waals surface area (Å²) in [5.41, 5.74) is 6.51. The van der Waals surface area contributed by atoms with Crippen molar-refractivity contribution in [2.45, 2.75) is 38.3 Å². The third kappa shape index (κ3) is 2.36. The monoisotopic (exact) mass is 373 g/mol. The van der Waals surface area contributed by atoms with E-state index in [0.29, 0.717) is 17.7 Å². The lowest BCUT2D eigenvalue weighted by atomic mass is 9.72. The van der Waals surface area contributed by atoms with E-state index >= 15 is 0 Å². The zero-order valence-electron chi connectivity index (χ0n) is 13.3. The number of methoxy groups -OCH3 is 1. The van der Waals surface area contributed by atoms with E-state index in [4.69, 9.17) is 4.74 Å². The van der Waals surface area contributed by atoms with Gasteiger partial charge in [0.1, 0.15) is 0 Å². The number of hydrogen-bond donors (Lipinski definition) is 2. The number of fused-ring (bicyclic) bond motifs is 5. The average Bonchev–Trinajstić information content (AvgIpc) is 2.55. The van der Waals surface area contributed by atoms with E-state index in [-0.39, 0.29) is 5.75 Å². The summed E-state index contributed by atoms with van der Waals surface area (Å²) in [5.74, 6) is 1.09. The fourth-order valence-electron chi connectivity index (χ4n) is 4.02. The Balaban J connectivity index is 1.90. The minimum absolute atomic E-state index is 0.229. The highest BCUT2D eigenvalue weighted by Gasteiger charge is 2.35. The predicted octanol–water partition coefficient (Wildman–Crippen LogP) is 4.02. The van der Waals surface area contributed by atoms with Crippen molar-refractivity contribution in [3.8, 4) is 11.5 Å². The fraction of sp³-hybridized carbons (Fsp3) is 0.368. The van der Waals surface area contributed by atoms with Gasteiger partial charge in [-0.05, 0) is 65.8 Å². The van der Waals surface area contributed by atoms with Crippen LogP contribution >= 0.6 is 15.9 Å². The van der Waals surface area contributed by atoms with Crippen molar-refractivity contribution in [1.82, 2.24) is 5.32 Å². The van der Waals surface area contributed by atoms with Crippen LogP contribution in [-0.4, -0.2) is 18.3 Å². The summed E-state index contributed by atoms with van der Waals surface area (Å²) < 4.78 is 6.44. The Morgan fingerprint density at radius 3 is 2.74 bits per heavy atom. The van der Waals surface area contributed by atoms with Gasteiger partial charge in [0.05, 0.1) is 7.11 Å². The van der Waals surface area contributed by atoms with Crippen LogP contribution in [0.25, 0.3) is 0 Å². The first-order chi connectivity index (χ1) is 11.1. The van der Waals surface area contributed by atoms with Crippen molar-refractivity contribution in [1.29, 1.82) is 0 Å². The highest BCUT2D eigenvalue weighted by Crippen LogP contribution is 2.45. The van der Waals surface area contributed by atoms with Crippen molar-refractivity contribution in [2.75, 3.05) is 7.11 Å². The molecule has 0 unspecified atom stereocenters. The van der Waals surface area contributed by atoms with E-state index in [1.54, 1.807) is 7.11 Å². The van der Waals surface area contributed by atoms with Gasteiger partial charge in [0, 0.05) is 23.0 Å². The van der Waals surface area contributed by atoms with E-state index in [1.165, 1.54) is 27.8 Å². The Morgan fingerprint density at radius 2 is 1.96 bits per heavy atom. The SMILES string of the molecule is COc1cc2c(cc1O)[C@H]1c3cc(C)c(Br)cc3CN[C@@H]1CC2. The molecule has 0 fully saturated rings. The normalized spacial score (nSPS) is 22.0. The summed E-state index contributed by atoms with van der Waals surface area (Å²) in [6.07, 6.45) is 2.13. The van der Waals surface area contributed by atoms with Gasteiger partial charge in [-0.25, -0.2) is 0 Å². The van der Waals surface area contributed by atoms with Gasteiger partial charge in [0.2, 0.25) is 0 Å². The van der Waals surface area contributed by atoms with E-state index in [2.05, 4.69) is 40.3 Å². The lowest BCUT2D eigenvalue weighted by Gasteiger charge is -2.40. The Morgan fingerprint density at radius 1 is 1.17 bits per heavy atom. The highest BCUT2D eigenvalue weighted by molar-refractivity contribution is 9.10. The molecule has 0 radical (unpaired) electrons.